The van der Waals surface area contributed by atoms with E-state index in [0.717, 1.165) is 31.5 Å². The lowest BCUT2D eigenvalue weighted by atomic mass is 10.0. The highest BCUT2D eigenvalue weighted by molar-refractivity contribution is 5.97. The Morgan fingerprint density at radius 2 is 1.37 bits per heavy atom. The molecule has 142 valence electrons. The highest BCUT2D eigenvalue weighted by atomic mass is 16.2. The van der Waals surface area contributed by atoms with Crippen molar-refractivity contribution in [3.63, 3.8) is 0 Å². The minimum atomic E-state index is -0.542. The van der Waals surface area contributed by atoms with Crippen molar-refractivity contribution >= 4 is 11.8 Å². The summed E-state index contributed by atoms with van der Waals surface area (Å²) in [7, 11) is 0. The average molecular weight is 364 g/mol. The topological polar surface area (TPSA) is 49.4 Å². The first-order valence-corrected chi connectivity index (χ1v) is 9.92. The van der Waals surface area contributed by atoms with Crippen molar-refractivity contribution in [3.05, 3.63) is 71.8 Å². The summed E-state index contributed by atoms with van der Waals surface area (Å²) in [6.45, 7) is 1.57. The number of rotatable bonds is 5. The molecule has 2 aromatic rings. The Bertz CT molecular complexity index is 723. The first-order valence-electron chi connectivity index (χ1n) is 9.92. The molecule has 1 aliphatic heterocycles. The van der Waals surface area contributed by atoms with Gasteiger partial charge >= 0.3 is 0 Å². The largest absolute Gasteiger partial charge is 0.341 e. The van der Waals surface area contributed by atoms with Crippen molar-refractivity contribution in [2.24, 2.45) is 0 Å². The monoisotopic (exact) mass is 364 g/mol. The van der Waals surface area contributed by atoms with E-state index in [4.69, 9.17) is 0 Å². The summed E-state index contributed by atoms with van der Waals surface area (Å²) in [6, 6.07) is 18.4. The van der Waals surface area contributed by atoms with Gasteiger partial charge in [-0.1, -0.05) is 67.8 Å². The van der Waals surface area contributed by atoms with Crippen LogP contribution in [0.5, 0.6) is 0 Å². The van der Waals surface area contributed by atoms with Gasteiger partial charge in [-0.25, -0.2) is 0 Å². The number of likely N-dealkylation sites (tertiary alicyclic amines) is 1. The quantitative estimate of drug-likeness (QED) is 0.877. The molecule has 3 rings (SSSR count). The molecule has 2 amide bonds. The van der Waals surface area contributed by atoms with Crippen LogP contribution in [-0.2, 0) is 11.2 Å². The summed E-state index contributed by atoms with van der Waals surface area (Å²) in [5, 5.41) is 2.98. The third kappa shape index (κ3) is 5.68. The zero-order valence-corrected chi connectivity index (χ0v) is 15.8. The number of nitrogens with one attached hydrogen (secondary N) is 1. The molecule has 1 N–H and O–H groups in total. The molecule has 0 saturated carbocycles. The van der Waals surface area contributed by atoms with Crippen LogP contribution < -0.4 is 5.32 Å². The molecule has 4 nitrogen and oxygen atoms in total. The molecule has 1 heterocycles. The predicted molar refractivity (Wildman–Crippen MR) is 108 cm³/mol. The number of carbonyl (C=O) groups excluding carboxylic acids is 2. The first kappa shape index (κ1) is 19.2. The molecule has 0 radical (unpaired) electrons. The summed E-state index contributed by atoms with van der Waals surface area (Å²) in [5.41, 5.74) is 1.63. The molecule has 4 heteroatoms. The molecule has 1 unspecified atom stereocenters. The Hall–Kier alpha value is -2.62. The molecule has 1 fully saturated rings. The van der Waals surface area contributed by atoms with Gasteiger partial charge in [0, 0.05) is 25.1 Å². The lowest BCUT2D eigenvalue weighted by Gasteiger charge is -2.29. The maximum absolute atomic E-state index is 13.2. The highest BCUT2D eigenvalue weighted by Gasteiger charge is 2.26. The highest BCUT2D eigenvalue weighted by Crippen LogP contribution is 2.14. The Morgan fingerprint density at radius 3 is 2.00 bits per heavy atom. The SMILES string of the molecule is O=C(NC(Cc1ccccc1)C(=O)N1CCCCCCC1)c1ccccc1. The van der Waals surface area contributed by atoms with Gasteiger partial charge in [0.15, 0.2) is 0 Å². The first-order chi connectivity index (χ1) is 13.2. The second kappa shape index (κ2) is 9.91. The summed E-state index contributed by atoms with van der Waals surface area (Å²) in [5.74, 6) is -0.165. The molecular formula is C23H28N2O2. The third-order valence-corrected chi connectivity index (χ3v) is 5.09. The fourth-order valence-corrected chi connectivity index (χ4v) is 3.57. The second-order valence-corrected chi connectivity index (χ2v) is 7.17. The third-order valence-electron chi connectivity index (χ3n) is 5.09. The molecule has 0 aliphatic carbocycles. The van der Waals surface area contributed by atoms with Crippen LogP contribution in [0.4, 0.5) is 0 Å². The molecule has 0 bridgehead atoms. The van der Waals surface area contributed by atoms with E-state index in [0.29, 0.717) is 12.0 Å². The van der Waals surface area contributed by atoms with Crippen molar-refractivity contribution in [1.29, 1.82) is 0 Å². The minimum absolute atomic E-state index is 0.0324. The van der Waals surface area contributed by atoms with Crippen LogP contribution in [-0.4, -0.2) is 35.8 Å². The Kier molecular flexibility index (Phi) is 7.03. The van der Waals surface area contributed by atoms with Gasteiger partial charge in [-0.2, -0.15) is 0 Å². The number of carbonyl (C=O) groups is 2. The van der Waals surface area contributed by atoms with Crippen LogP contribution in [0.1, 0.15) is 48.0 Å². The Morgan fingerprint density at radius 1 is 0.815 bits per heavy atom. The van der Waals surface area contributed by atoms with Gasteiger partial charge in [0.2, 0.25) is 5.91 Å². The van der Waals surface area contributed by atoms with Crippen LogP contribution in [0.2, 0.25) is 0 Å². The van der Waals surface area contributed by atoms with Crippen LogP contribution >= 0.6 is 0 Å². The molecule has 1 saturated heterocycles. The van der Waals surface area contributed by atoms with Gasteiger partial charge in [-0.05, 0) is 30.5 Å². The van der Waals surface area contributed by atoms with Crippen molar-refractivity contribution < 1.29 is 9.59 Å². The fraction of sp³-hybridized carbons (Fsp3) is 0.391. The van der Waals surface area contributed by atoms with E-state index >= 15 is 0 Å². The Labute approximate surface area is 161 Å². The van der Waals surface area contributed by atoms with Crippen LogP contribution in [0, 0.1) is 0 Å². The van der Waals surface area contributed by atoms with Gasteiger partial charge in [-0.15, -0.1) is 0 Å². The molecular weight excluding hydrogens is 336 g/mol. The zero-order valence-electron chi connectivity index (χ0n) is 15.8. The van der Waals surface area contributed by atoms with E-state index in [1.807, 2.05) is 53.4 Å². The number of hydrogen-bond acceptors (Lipinski definition) is 2. The molecule has 0 spiro atoms. The normalized spacial score (nSPS) is 16.1. The summed E-state index contributed by atoms with van der Waals surface area (Å²) >= 11 is 0. The smallest absolute Gasteiger partial charge is 0.251 e. The van der Waals surface area contributed by atoms with E-state index in [1.165, 1.54) is 19.3 Å². The van der Waals surface area contributed by atoms with E-state index < -0.39 is 6.04 Å². The van der Waals surface area contributed by atoms with Crippen molar-refractivity contribution in [2.75, 3.05) is 13.1 Å². The van der Waals surface area contributed by atoms with Crippen LogP contribution in [0.15, 0.2) is 60.7 Å². The van der Waals surface area contributed by atoms with E-state index in [9.17, 15) is 9.59 Å². The van der Waals surface area contributed by atoms with Gasteiger partial charge < -0.3 is 10.2 Å². The predicted octanol–water partition coefficient (Wildman–Crippen LogP) is 3.82. The van der Waals surface area contributed by atoms with Crippen LogP contribution in [0.25, 0.3) is 0 Å². The van der Waals surface area contributed by atoms with Crippen molar-refractivity contribution in [2.45, 2.75) is 44.6 Å². The summed E-state index contributed by atoms with van der Waals surface area (Å²) < 4.78 is 0. The molecule has 1 atom stereocenters. The van der Waals surface area contributed by atoms with E-state index in [2.05, 4.69) is 5.32 Å². The summed E-state index contributed by atoms with van der Waals surface area (Å²) in [6.07, 6.45) is 6.18. The minimum Gasteiger partial charge on any atom is -0.341 e. The standard InChI is InChI=1S/C23H28N2O2/c26-22(20-14-8-5-9-15-20)24-21(18-19-12-6-4-7-13-19)23(27)25-16-10-2-1-3-11-17-25/h4-9,12-15,21H,1-3,10-11,16-18H2,(H,24,26). The fourth-order valence-electron chi connectivity index (χ4n) is 3.57. The van der Waals surface area contributed by atoms with Crippen molar-refractivity contribution in [3.8, 4) is 0 Å². The lowest BCUT2D eigenvalue weighted by Crippen LogP contribution is -2.50. The van der Waals surface area contributed by atoms with Gasteiger partial charge in [0.25, 0.3) is 5.91 Å². The van der Waals surface area contributed by atoms with E-state index in [1.54, 1.807) is 12.1 Å². The van der Waals surface area contributed by atoms with Gasteiger partial charge in [-0.3, -0.25) is 9.59 Å². The maximum Gasteiger partial charge on any atom is 0.251 e. The molecule has 27 heavy (non-hydrogen) atoms. The van der Waals surface area contributed by atoms with Crippen LogP contribution in [0.3, 0.4) is 0 Å². The van der Waals surface area contributed by atoms with Gasteiger partial charge in [0.1, 0.15) is 6.04 Å². The number of benzene rings is 2. The number of amides is 2. The van der Waals surface area contributed by atoms with Crippen molar-refractivity contribution in [1.82, 2.24) is 10.2 Å². The average Bonchev–Trinajstić information content (AvgIpc) is 2.68. The number of nitrogens with zero attached hydrogens (tertiary/aromatic N) is 1. The molecule has 2 aromatic carbocycles. The number of hydrogen-bond donors (Lipinski definition) is 1. The van der Waals surface area contributed by atoms with E-state index in [-0.39, 0.29) is 11.8 Å². The Balaban J connectivity index is 1.75. The molecule has 1 aliphatic rings. The second-order valence-electron chi connectivity index (χ2n) is 7.17. The van der Waals surface area contributed by atoms with Gasteiger partial charge in [0.05, 0.1) is 0 Å². The lowest BCUT2D eigenvalue weighted by molar-refractivity contribution is -0.133. The maximum atomic E-state index is 13.2. The summed E-state index contributed by atoms with van der Waals surface area (Å²) in [4.78, 5) is 27.9. The molecule has 0 aromatic heterocycles. The zero-order chi connectivity index (χ0) is 18.9.